The topological polar surface area (TPSA) is 81.5 Å². The van der Waals surface area contributed by atoms with E-state index in [-0.39, 0.29) is 11.7 Å². The van der Waals surface area contributed by atoms with Gasteiger partial charge in [0.1, 0.15) is 11.1 Å². The van der Waals surface area contributed by atoms with Crippen molar-refractivity contribution in [3.05, 3.63) is 75.8 Å². The molecule has 0 bridgehead atoms. The molecule has 0 radical (unpaired) electrons. The fourth-order valence-corrected chi connectivity index (χ4v) is 3.14. The fourth-order valence-electron chi connectivity index (χ4n) is 3.14. The minimum absolute atomic E-state index is 0.0138. The van der Waals surface area contributed by atoms with E-state index in [9.17, 15) is 14.9 Å². The molecule has 6 heteroatoms. The van der Waals surface area contributed by atoms with Crippen molar-refractivity contribution < 1.29 is 14.5 Å². The summed E-state index contributed by atoms with van der Waals surface area (Å²) in [5.74, 6) is -0.390. The lowest BCUT2D eigenvalue weighted by Crippen LogP contribution is -2.53. The Morgan fingerprint density at radius 2 is 1.69 bits per heavy atom. The molecular weight excluding hydrogens is 368 g/mol. The molecule has 0 aliphatic carbocycles. The van der Waals surface area contributed by atoms with Crippen molar-refractivity contribution in [1.29, 1.82) is 0 Å². The van der Waals surface area contributed by atoms with Crippen LogP contribution in [0.3, 0.4) is 0 Å². The first-order valence-corrected chi connectivity index (χ1v) is 9.95. The molecule has 0 amide bonds. The summed E-state index contributed by atoms with van der Waals surface area (Å²) in [6.07, 6.45) is 2.25. The van der Waals surface area contributed by atoms with Crippen molar-refractivity contribution in [3.8, 4) is 0 Å². The lowest BCUT2D eigenvalue weighted by Gasteiger charge is -2.36. The Morgan fingerprint density at radius 1 is 1.07 bits per heavy atom. The van der Waals surface area contributed by atoms with E-state index in [4.69, 9.17) is 4.74 Å². The fraction of sp³-hybridized carbons (Fsp3) is 0.435. The molecular formula is C23H30N2O4. The highest BCUT2D eigenvalue weighted by Gasteiger charge is 2.43. The Labute approximate surface area is 172 Å². The Morgan fingerprint density at radius 3 is 2.21 bits per heavy atom. The number of nitro groups is 1. The van der Waals surface area contributed by atoms with E-state index in [0.717, 1.165) is 18.4 Å². The molecule has 0 aromatic heterocycles. The van der Waals surface area contributed by atoms with Gasteiger partial charge in [0.2, 0.25) is 0 Å². The molecule has 0 aliphatic heterocycles. The van der Waals surface area contributed by atoms with Gasteiger partial charge in [-0.3, -0.25) is 15.4 Å². The first kappa shape index (κ1) is 22.6. The summed E-state index contributed by atoms with van der Waals surface area (Å²) in [5, 5.41) is 14.5. The summed E-state index contributed by atoms with van der Waals surface area (Å²) in [6, 6.07) is 15.9. The van der Waals surface area contributed by atoms with Crippen LogP contribution in [-0.4, -0.2) is 23.0 Å². The second-order valence-electron chi connectivity index (χ2n) is 8.15. The van der Waals surface area contributed by atoms with Crippen LogP contribution < -0.4 is 5.32 Å². The maximum atomic E-state index is 13.5. The summed E-state index contributed by atoms with van der Waals surface area (Å²) in [7, 11) is 0. The molecule has 0 unspecified atom stereocenters. The van der Waals surface area contributed by atoms with Crippen molar-refractivity contribution >= 4 is 11.7 Å². The van der Waals surface area contributed by atoms with Crippen molar-refractivity contribution in [1.82, 2.24) is 5.32 Å². The molecule has 6 nitrogen and oxygen atoms in total. The van der Waals surface area contributed by atoms with Crippen LogP contribution in [-0.2, 0) is 21.5 Å². The zero-order chi connectivity index (χ0) is 21.5. The van der Waals surface area contributed by atoms with Gasteiger partial charge >= 0.3 is 5.97 Å². The zero-order valence-corrected chi connectivity index (χ0v) is 17.6. The average Bonchev–Trinajstić information content (AvgIpc) is 2.67. The minimum Gasteiger partial charge on any atom is -0.458 e. The molecule has 0 saturated carbocycles. The minimum atomic E-state index is -1.14. The first-order chi connectivity index (χ1) is 13.7. The molecule has 2 rings (SSSR count). The summed E-state index contributed by atoms with van der Waals surface area (Å²) in [4.78, 5) is 24.1. The second kappa shape index (κ2) is 9.65. The predicted molar refractivity (Wildman–Crippen MR) is 114 cm³/mol. The van der Waals surface area contributed by atoms with Crippen LogP contribution in [0.2, 0.25) is 0 Å². The van der Waals surface area contributed by atoms with E-state index in [0.29, 0.717) is 18.5 Å². The quantitative estimate of drug-likeness (QED) is 0.285. The van der Waals surface area contributed by atoms with Crippen molar-refractivity contribution in [2.75, 3.05) is 6.54 Å². The number of hydrogen-bond donors (Lipinski definition) is 1. The van der Waals surface area contributed by atoms with E-state index in [1.165, 1.54) is 12.1 Å². The highest BCUT2D eigenvalue weighted by atomic mass is 16.6. The van der Waals surface area contributed by atoms with E-state index >= 15 is 0 Å². The van der Waals surface area contributed by atoms with Crippen molar-refractivity contribution in [2.24, 2.45) is 0 Å². The predicted octanol–water partition coefficient (Wildman–Crippen LogP) is 4.76. The van der Waals surface area contributed by atoms with Gasteiger partial charge in [-0.1, -0.05) is 43.7 Å². The summed E-state index contributed by atoms with van der Waals surface area (Å²) >= 11 is 0. The van der Waals surface area contributed by atoms with Gasteiger partial charge < -0.3 is 4.74 Å². The number of non-ortho nitro benzene ring substituents is 1. The SMILES string of the molecule is CCCCN[C@@](Cc1ccccc1)(C(=O)OC(C)(C)C)c1ccc([N+](=O)[O-])cc1. The highest BCUT2D eigenvalue weighted by molar-refractivity contribution is 5.83. The van der Waals surface area contributed by atoms with Crippen LogP contribution in [0.4, 0.5) is 5.69 Å². The monoisotopic (exact) mass is 398 g/mol. The van der Waals surface area contributed by atoms with Gasteiger partial charge in [-0.05, 0) is 57.0 Å². The number of unbranched alkanes of at least 4 members (excludes halogenated alkanes) is 1. The number of carbonyl (C=O) groups is 1. The number of nitro benzene ring substituents is 1. The molecule has 156 valence electrons. The zero-order valence-electron chi connectivity index (χ0n) is 17.6. The Hall–Kier alpha value is -2.73. The summed E-state index contributed by atoms with van der Waals surface area (Å²) in [6.45, 7) is 8.21. The van der Waals surface area contributed by atoms with Gasteiger partial charge in [0, 0.05) is 18.6 Å². The van der Waals surface area contributed by atoms with Crippen LogP contribution in [0.1, 0.15) is 51.7 Å². The highest BCUT2D eigenvalue weighted by Crippen LogP contribution is 2.31. The number of esters is 1. The Balaban J connectivity index is 2.55. The number of ether oxygens (including phenoxy) is 1. The molecule has 0 spiro atoms. The van der Waals surface area contributed by atoms with Crippen molar-refractivity contribution in [3.63, 3.8) is 0 Å². The standard InChI is InChI=1S/C23H30N2O4/c1-5-6-16-24-23(21(26)29-22(2,3)4,17-18-10-8-7-9-11-18)19-12-14-20(15-13-19)25(27)28/h7-15,24H,5-6,16-17H2,1-4H3/t23-/m1/s1. The van der Waals surface area contributed by atoms with Crippen LogP contribution in [0.25, 0.3) is 0 Å². The van der Waals surface area contributed by atoms with Gasteiger partial charge in [-0.2, -0.15) is 0 Å². The van der Waals surface area contributed by atoms with Gasteiger partial charge in [0.05, 0.1) is 4.92 Å². The van der Waals surface area contributed by atoms with E-state index in [2.05, 4.69) is 12.2 Å². The largest absolute Gasteiger partial charge is 0.458 e. The summed E-state index contributed by atoms with van der Waals surface area (Å²) < 4.78 is 5.80. The molecule has 2 aromatic rings. The number of benzene rings is 2. The number of nitrogens with zero attached hydrogens (tertiary/aromatic N) is 1. The van der Waals surface area contributed by atoms with E-state index < -0.39 is 16.1 Å². The summed E-state index contributed by atoms with van der Waals surface area (Å²) in [5.41, 5.74) is -0.191. The molecule has 1 atom stereocenters. The van der Waals surface area contributed by atoms with Gasteiger partial charge in [-0.15, -0.1) is 0 Å². The number of nitrogens with one attached hydrogen (secondary N) is 1. The van der Waals surface area contributed by atoms with Crippen LogP contribution >= 0.6 is 0 Å². The molecule has 0 fully saturated rings. The average molecular weight is 399 g/mol. The van der Waals surface area contributed by atoms with Crippen molar-refractivity contribution in [2.45, 2.75) is 58.1 Å². The van der Waals surface area contributed by atoms with Gasteiger partial charge in [0.25, 0.3) is 5.69 Å². The maximum absolute atomic E-state index is 13.5. The lowest BCUT2D eigenvalue weighted by molar-refractivity contribution is -0.384. The molecule has 1 N–H and O–H groups in total. The Bertz CT molecular complexity index is 813. The molecule has 0 saturated heterocycles. The third-order valence-corrected chi connectivity index (χ3v) is 4.59. The first-order valence-electron chi connectivity index (χ1n) is 9.95. The smallest absolute Gasteiger partial charge is 0.331 e. The van der Waals surface area contributed by atoms with Crippen LogP contribution in [0.5, 0.6) is 0 Å². The molecule has 0 aliphatic rings. The number of carbonyl (C=O) groups excluding carboxylic acids is 1. The van der Waals surface area contributed by atoms with Crippen LogP contribution in [0.15, 0.2) is 54.6 Å². The maximum Gasteiger partial charge on any atom is 0.331 e. The molecule has 29 heavy (non-hydrogen) atoms. The molecule has 0 heterocycles. The van der Waals surface area contributed by atoms with Gasteiger partial charge in [-0.25, -0.2) is 4.79 Å². The number of hydrogen-bond acceptors (Lipinski definition) is 5. The third-order valence-electron chi connectivity index (χ3n) is 4.59. The van der Waals surface area contributed by atoms with Crippen LogP contribution in [0, 0.1) is 10.1 Å². The normalized spacial score (nSPS) is 13.5. The lowest BCUT2D eigenvalue weighted by atomic mass is 9.83. The second-order valence-corrected chi connectivity index (χ2v) is 8.15. The molecule has 2 aromatic carbocycles. The number of rotatable bonds is 9. The van der Waals surface area contributed by atoms with Gasteiger partial charge in [0.15, 0.2) is 0 Å². The third kappa shape index (κ3) is 6.12. The van der Waals surface area contributed by atoms with E-state index in [1.807, 2.05) is 51.1 Å². The van der Waals surface area contributed by atoms with E-state index in [1.54, 1.807) is 12.1 Å². The Kier molecular flexibility index (Phi) is 7.51.